The second-order valence-corrected chi connectivity index (χ2v) is 6.42. The van der Waals surface area contributed by atoms with Gasteiger partial charge in [-0.1, -0.05) is 11.6 Å². The zero-order valence-electron chi connectivity index (χ0n) is 15.0. The highest BCUT2D eigenvalue weighted by molar-refractivity contribution is 6.31. The molecule has 0 saturated heterocycles. The van der Waals surface area contributed by atoms with E-state index in [1.807, 2.05) is 6.92 Å². The molecule has 0 saturated carbocycles. The molecule has 0 bridgehead atoms. The van der Waals surface area contributed by atoms with Crippen molar-refractivity contribution in [2.75, 3.05) is 18.6 Å². The maximum absolute atomic E-state index is 13.0. The molecule has 1 aromatic heterocycles. The lowest BCUT2D eigenvalue weighted by molar-refractivity contribution is -0.117. The van der Waals surface area contributed by atoms with Gasteiger partial charge in [-0.15, -0.1) is 0 Å². The van der Waals surface area contributed by atoms with Crippen LogP contribution in [0.25, 0.3) is 10.9 Å². The molecule has 1 heterocycles. The van der Waals surface area contributed by atoms with Crippen LogP contribution in [-0.4, -0.2) is 35.6 Å². The average molecular weight is 387 g/mol. The Kier molecular flexibility index (Phi) is 5.37. The molecule has 0 radical (unpaired) electrons. The monoisotopic (exact) mass is 386 g/mol. The van der Waals surface area contributed by atoms with Crippen LogP contribution in [0, 0.1) is 0 Å². The Bertz CT molecular complexity index is 995. The van der Waals surface area contributed by atoms with Gasteiger partial charge in [0.25, 0.3) is 0 Å². The van der Waals surface area contributed by atoms with Gasteiger partial charge >= 0.3 is 5.97 Å². The molecule has 0 unspecified atom stereocenters. The Balaban J connectivity index is 1.97. The summed E-state index contributed by atoms with van der Waals surface area (Å²) in [5.74, 6) is -0.620. The molecule has 6 nitrogen and oxygen atoms in total. The molecule has 0 fully saturated rings. The summed E-state index contributed by atoms with van der Waals surface area (Å²) in [6, 6.07) is 12.2. The van der Waals surface area contributed by atoms with Crippen molar-refractivity contribution in [3.63, 3.8) is 0 Å². The Hall–Kier alpha value is -2.99. The summed E-state index contributed by atoms with van der Waals surface area (Å²) in [5, 5.41) is 10.6. The van der Waals surface area contributed by atoms with E-state index in [0.717, 1.165) is 5.69 Å². The molecule has 0 atom stereocenters. The van der Waals surface area contributed by atoms with E-state index in [1.54, 1.807) is 54.5 Å². The van der Waals surface area contributed by atoms with Crippen molar-refractivity contribution in [1.82, 2.24) is 4.98 Å². The van der Waals surface area contributed by atoms with Crippen LogP contribution in [0.2, 0.25) is 5.02 Å². The lowest BCUT2D eigenvalue weighted by atomic mass is 10.1. The van der Waals surface area contributed by atoms with Gasteiger partial charge in [-0.05, 0) is 49.4 Å². The Morgan fingerprint density at radius 2 is 1.89 bits per heavy atom. The summed E-state index contributed by atoms with van der Waals surface area (Å²) in [5.41, 5.74) is 1.79. The van der Waals surface area contributed by atoms with Crippen molar-refractivity contribution >= 4 is 40.1 Å². The molecule has 0 aliphatic carbocycles. The van der Waals surface area contributed by atoms with Crippen LogP contribution in [0.4, 0.5) is 5.69 Å². The van der Waals surface area contributed by atoms with Gasteiger partial charge in [-0.2, -0.15) is 0 Å². The third-order valence-electron chi connectivity index (χ3n) is 4.41. The summed E-state index contributed by atoms with van der Waals surface area (Å²) in [4.78, 5) is 29.1. The zero-order chi connectivity index (χ0) is 19.6. The number of likely N-dealkylation sites (N-methyl/N-ethyl adjacent to an activating group) is 1. The number of nitrogens with zero attached hydrogens (tertiary/aromatic N) is 1. The number of halogens is 1. The van der Waals surface area contributed by atoms with Crippen molar-refractivity contribution in [1.29, 1.82) is 0 Å². The van der Waals surface area contributed by atoms with E-state index in [0.29, 0.717) is 33.8 Å². The predicted octanol–water partition coefficient (Wildman–Crippen LogP) is 4.12. The first-order valence-corrected chi connectivity index (χ1v) is 8.80. The van der Waals surface area contributed by atoms with Crippen LogP contribution >= 0.6 is 11.6 Å². The van der Waals surface area contributed by atoms with Crippen molar-refractivity contribution in [3.05, 3.63) is 58.7 Å². The number of carboxylic acid groups (broad SMARTS) is 1. The standard InChI is InChI=1S/C20H19ClN2O4/c1-3-23(13-5-7-14(27-2)8-6-13)18(24)11-16-15-10-12(21)4-9-17(15)22-19(16)20(25)26/h4-10,22H,3,11H2,1-2H3,(H,25,26). The molecular formula is C20H19ClN2O4. The smallest absolute Gasteiger partial charge is 0.352 e. The number of anilines is 1. The minimum atomic E-state index is -1.11. The molecule has 140 valence electrons. The van der Waals surface area contributed by atoms with Crippen LogP contribution in [0.3, 0.4) is 0 Å². The number of carbonyl (C=O) groups is 2. The van der Waals surface area contributed by atoms with Gasteiger partial charge in [-0.3, -0.25) is 4.79 Å². The van der Waals surface area contributed by atoms with Gasteiger partial charge in [0, 0.05) is 33.7 Å². The number of hydrogen-bond acceptors (Lipinski definition) is 3. The molecule has 3 rings (SSSR count). The molecule has 0 spiro atoms. The molecule has 0 aliphatic heterocycles. The first kappa shape index (κ1) is 18.8. The molecule has 2 aromatic carbocycles. The summed E-state index contributed by atoms with van der Waals surface area (Å²) in [6.45, 7) is 2.32. The number of aromatic nitrogens is 1. The number of hydrogen-bond donors (Lipinski definition) is 2. The Labute approximate surface area is 161 Å². The van der Waals surface area contributed by atoms with E-state index in [9.17, 15) is 14.7 Å². The van der Waals surface area contributed by atoms with E-state index < -0.39 is 5.97 Å². The SMILES string of the molecule is CCN(C(=O)Cc1c(C(=O)O)[nH]c2ccc(Cl)cc12)c1ccc(OC)cc1. The number of carboxylic acids is 1. The summed E-state index contributed by atoms with van der Waals surface area (Å²) in [6.07, 6.45) is -0.0537. The summed E-state index contributed by atoms with van der Waals surface area (Å²) >= 11 is 6.06. The van der Waals surface area contributed by atoms with E-state index >= 15 is 0 Å². The van der Waals surface area contributed by atoms with E-state index in [4.69, 9.17) is 16.3 Å². The first-order chi connectivity index (χ1) is 12.9. The van der Waals surface area contributed by atoms with Crippen molar-refractivity contribution in [2.45, 2.75) is 13.3 Å². The van der Waals surface area contributed by atoms with Crippen molar-refractivity contribution in [2.24, 2.45) is 0 Å². The molecule has 1 amide bonds. The topological polar surface area (TPSA) is 82.6 Å². The number of carbonyl (C=O) groups excluding carboxylic acids is 1. The third kappa shape index (κ3) is 3.75. The number of H-pyrrole nitrogens is 1. The minimum absolute atomic E-state index is 0.00593. The van der Waals surface area contributed by atoms with Gasteiger partial charge in [0.1, 0.15) is 11.4 Å². The summed E-state index contributed by atoms with van der Waals surface area (Å²) in [7, 11) is 1.58. The molecule has 2 N–H and O–H groups in total. The number of amides is 1. The number of fused-ring (bicyclic) bond motifs is 1. The molecule has 3 aromatic rings. The van der Waals surface area contributed by atoms with Gasteiger partial charge in [0.15, 0.2) is 0 Å². The van der Waals surface area contributed by atoms with Gasteiger partial charge in [-0.25, -0.2) is 4.79 Å². The average Bonchev–Trinajstić information content (AvgIpc) is 3.01. The van der Waals surface area contributed by atoms with Crippen molar-refractivity contribution in [3.8, 4) is 5.75 Å². The highest BCUT2D eigenvalue weighted by Gasteiger charge is 2.22. The van der Waals surface area contributed by atoms with Gasteiger partial charge < -0.3 is 19.7 Å². The summed E-state index contributed by atoms with van der Waals surface area (Å²) < 4.78 is 5.14. The van der Waals surface area contributed by atoms with E-state index in [1.165, 1.54) is 0 Å². The second-order valence-electron chi connectivity index (χ2n) is 5.99. The molecule has 27 heavy (non-hydrogen) atoms. The molecule has 7 heteroatoms. The lowest BCUT2D eigenvalue weighted by Crippen LogP contribution is -2.32. The zero-order valence-corrected chi connectivity index (χ0v) is 15.7. The molecule has 0 aliphatic rings. The lowest BCUT2D eigenvalue weighted by Gasteiger charge is -2.21. The number of aromatic amines is 1. The van der Waals surface area contributed by atoms with E-state index in [-0.39, 0.29) is 18.0 Å². The number of methoxy groups -OCH3 is 1. The number of benzene rings is 2. The number of aromatic carboxylic acids is 1. The Morgan fingerprint density at radius 1 is 1.19 bits per heavy atom. The second kappa shape index (κ2) is 7.72. The fourth-order valence-corrected chi connectivity index (χ4v) is 3.27. The fourth-order valence-electron chi connectivity index (χ4n) is 3.10. The van der Waals surface area contributed by atoms with E-state index in [2.05, 4.69) is 4.98 Å². The number of ether oxygens (including phenoxy) is 1. The minimum Gasteiger partial charge on any atom is -0.497 e. The maximum Gasteiger partial charge on any atom is 0.352 e. The maximum atomic E-state index is 13.0. The highest BCUT2D eigenvalue weighted by Crippen LogP contribution is 2.28. The third-order valence-corrected chi connectivity index (χ3v) is 4.65. The highest BCUT2D eigenvalue weighted by atomic mass is 35.5. The quantitative estimate of drug-likeness (QED) is 0.667. The van der Waals surface area contributed by atoms with Crippen molar-refractivity contribution < 1.29 is 19.4 Å². The largest absolute Gasteiger partial charge is 0.497 e. The van der Waals surface area contributed by atoms with Crippen LogP contribution in [0.15, 0.2) is 42.5 Å². The molecular weight excluding hydrogens is 368 g/mol. The van der Waals surface area contributed by atoms with Gasteiger partial charge in [0.05, 0.1) is 13.5 Å². The normalized spacial score (nSPS) is 10.8. The Morgan fingerprint density at radius 3 is 2.48 bits per heavy atom. The van der Waals surface area contributed by atoms with Crippen LogP contribution in [0.1, 0.15) is 23.0 Å². The fraction of sp³-hybridized carbons (Fsp3) is 0.200. The van der Waals surface area contributed by atoms with Crippen LogP contribution < -0.4 is 9.64 Å². The van der Waals surface area contributed by atoms with Crippen LogP contribution in [-0.2, 0) is 11.2 Å². The number of nitrogens with one attached hydrogen (secondary N) is 1. The van der Waals surface area contributed by atoms with Crippen LogP contribution in [0.5, 0.6) is 5.75 Å². The number of rotatable bonds is 6. The predicted molar refractivity (Wildman–Crippen MR) is 105 cm³/mol. The first-order valence-electron chi connectivity index (χ1n) is 8.42. The van der Waals surface area contributed by atoms with Gasteiger partial charge in [0.2, 0.25) is 5.91 Å².